The first-order valence-corrected chi connectivity index (χ1v) is 8.37. The molecule has 0 saturated carbocycles. The van der Waals surface area contributed by atoms with Crippen molar-refractivity contribution in [1.29, 1.82) is 0 Å². The van der Waals surface area contributed by atoms with Crippen LogP contribution in [0, 0.1) is 0 Å². The SMILES string of the molecule is COc1ccc(CN=C(N)NCCc2cn3ccccc3n2)cc1OC.I. The van der Waals surface area contributed by atoms with Gasteiger partial charge in [-0.1, -0.05) is 12.1 Å². The van der Waals surface area contributed by atoms with Crippen LogP contribution in [0.4, 0.5) is 0 Å². The highest BCUT2D eigenvalue weighted by Crippen LogP contribution is 2.27. The van der Waals surface area contributed by atoms with Crippen molar-refractivity contribution >= 4 is 35.6 Å². The van der Waals surface area contributed by atoms with Gasteiger partial charge in [0.15, 0.2) is 17.5 Å². The Morgan fingerprint density at radius 3 is 2.74 bits per heavy atom. The molecule has 0 atom stereocenters. The number of fused-ring (bicyclic) bond motifs is 1. The van der Waals surface area contributed by atoms with E-state index in [0.29, 0.717) is 30.5 Å². The summed E-state index contributed by atoms with van der Waals surface area (Å²) >= 11 is 0. The van der Waals surface area contributed by atoms with Gasteiger partial charge in [-0.3, -0.25) is 0 Å². The van der Waals surface area contributed by atoms with Gasteiger partial charge in [-0.05, 0) is 29.8 Å². The number of aromatic nitrogens is 2. The van der Waals surface area contributed by atoms with Gasteiger partial charge in [0, 0.05) is 25.4 Å². The van der Waals surface area contributed by atoms with E-state index in [2.05, 4.69) is 15.3 Å². The molecule has 0 saturated heterocycles. The Bertz CT molecular complexity index is 877. The lowest BCUT2D eigenvalue weighted by atomic mass is 10.2. The lowest BCUT2D eigenvalue weighted by Gasteiger charge is -2.09. The van der Waals surface area contributed by atoms with Crippen LogP contribution in [0.15, 0.2) is 53.8 Å². The van der Waals surface area contributed by atoms with Gasteiger partial charge >= 0.3 is 0 Å². The smallest absolute Gasteiger partial charge is 0.188 e. The van der Waals surface area contributed by atoms with E-state index >= 15 is 0 Å². The molecule has 8 heteroatoms. The third-order valence-electron chi connectivity index (χ3n) is 3.98. The topological polar surface area (TPSA) is 86.2 Å². The largest absolute Gasteiger partial charge is 0.493 e. The highest BCUT2D eigenvalue weighted by molar-refractivity contribution is 14.0. The van der Waals surface area contributed by atoms with Crippen molar-refractivity contribution in [1.82, 2.24) is 14.7 Å². The van der Waals surface area contributed by atoms with Crippen molar-refractivity contribution in [2.45, 2.75) is 13.0 Å². The number of hydrogen-bond acceptors (Lipinski definition) is 4. The number of rotatable bonds is 7. The molecule has 0 radical (unpaired) electrons. The summed E-state index contributed by atoms with van der Waals surface area (Å²) in [6.45, 7) is 1.14. The standard InChI is InChI=1S/C19H23N5O2.HI/c1-25-16-7-6-14(11-17(16)26-2)12-22-19(20)21-9-8-15-13-24-10-4-3-5-18(24)23-15;/h3-7,10-11,13H,8-9,12H2,1-2H3,(H3,20,21,22);1H. The molecule has 3 N–H and O–H groups in total. The Morgan fingerprint density at radius 2 is 2.00 bits per heavy atom. The number of hydrogen-bond donors (Lipinski definition) is 2. The molecule has 0 aliphatic rings. The monoisotopic (exact) mass is 481 g/mol. The van der Waals surface area contributed by atoms with Crippen molar-refractivity contribution in [3.63, 3.8) is 0 Å². The lowest BCUT2D eigenvalue weighted by Crippen LogP contribution is -2.33. The molecule has 0 aliphatic heterocycles. The minimum Gasteiger partial charge on any atom is -0.493 e. The molecule has 3 aromatic rings. The molecule has 0 amide bonds. The number of imidazole rings is 1. The molecule has 0 fully saturated rings. The average Bonchev–Trinajstić information content (AvgIpc) is 3.08. The van der Waals surface area contributed by atoms with Crippen LogP contribution in [0.1, 0.15) is 11.3 Å². The summed E-state index contributed by atoms with van der Waals surface area (Å²) in [4.78, 5) is 8.92. The first-order valence-electron chi connectivity index (χ1n) is 8.37. The number of guanidine groups is 1. The van der Waals surface area contributed by atoms with Crippen molar-refractivity contribution in [3.05, 3.63) is 60.0 Å². The Morgan fingerprint density at radius 1 is 1.19 bits per heavy atom. The van der Waals surface area contributed by atoms with Crippen LogP contribution < -0.4 is 20.5 Å². The van der Waals surface area contributed by atoms with Crippen LogP contribution in [0.2, 0.25) is 0 Å². The molecular formula is C19H24IN5O2. The van der Waals surface area contributed by atoms with E-state index in [4.69, 9.17) is 15.2 Å². The van der Waals surface area contributed by atoms with Crippen LogP contribution in [-0.4, -0.2) is 36.1 Å². The summed E-state index contributed by atoms with van der Waals surface area (Å²) in [6, 6.07) is 11.6. The number of methoxy groups -OCH3 is 2. The Kier molecular flexibility index (Phi) is 7.71. The highest BCUT2D eigenvalue weighted by Gasteiger charge is 2.04. The molecule has 27 heavy (non-hydrogen) atoms. The van der Waals surface area contributed by atoms with Crippen molar-refractivity contribution < 1.29 is 9.47 Å². The number of nitrogens with zero attached hydrogens (tertiary/aromatic N) is 3. The first-order chi connectivity index (χ1) is 12.7. The predicted octanol–water partition coefficient (Wildman–Crippen LogP) is 2.62. The van der Waals surface area contributed by atoms with E-state index in [1.54, 1.807) is 14.2 Å². The summed E-state index contributed by atoms with van der Waals surface area (Å²) in [7, 11) is 3.22. The second-order valence-corrected chi connectivity index (χ2v) is 5.77. The fraction of sp³-hybridized carbons (Fsp3) is 0.263. The summed E-state index contributed by atoms with van der Waals surface area (Å²) in [5.41, 5.74) is 8.89. The normalized spacial score (nSPS) is 11.1. The maximum absolute atomic E-state index is 5.94. The fourth-order valence-corrected chi connectivity index (χ4v) is 2.64. The van der Waals surface area contributed by atoms with Gasteiger partial charge < -0.3 is 24.9 Å². The van der Waals surface area contributed by atoms with Gasteiger partial charge in [0.25, 0.3) is 0 Å². The van der Waals surface area contributed by atoms with Gasteiger partial charge in [-0.2, -0.15) is 0 Å². The fourth-order valence-electron chi connectivity index (χ4n) is 2.64. The number of nitrogens with one attached hydrogen (secondary N) is 1. The molecule has 7 nitrogen and oxygen atoms in total. The van der Waals surface area contributed by atoms with E-state index in [-0.39, 0.29) is 24.0 Å². The van der Waals surface area contributed by atoms with Gasteiger partial charge in [0.2, 0.25) is 0 Å². The van der Waals surface area contributed by atoms with E-state index < -0.39 is 0 Å². The molecule has 0 unspecified atom stereocenters. The van der Waals surface area contributed by atoms with Gasteiger partial charge in [-0.15, -0.1) is 24.0 Å². The Labute approximate surface area is 175 Å². The van der Waals surface area contributed by atoms with Crippen LogP contribution >= 0.6 is 24.0 Å². The van der Waals surface area contributed by atoms with E-state index in [1.807, 2.05) is 53.2 Å². The third-order valence-corrected chi connectivity index (χ3v) is 3.98. The molecule has 1 aromatic carbocycles. The summed E-state index contributed by atoms with van der Waals surface area (Å²) in [5.74, 6) is 1.78. The molecule has 0 aliphatic carbocycles. The third kappa shape index (κ3) is 5.49. The van der Waals surface area contributed by atoms with Crippen LogP contribution in [0.25, 0.3) is 5.65 Å². The molecule has 2 aromatic heterocycles. The number of nitrogens with two attached hydrogens (primary N) is 1. The summed E-state index contributed by atoms with van der Waals surface area (Å²) in [5, 5.41) is 3.12. The number of ether oxygens (including phenoxy) is 2. The maximum atomic E-state index is 5.94. The Balaban J connectivity index is 0.00000261. The van der Waals surface area contributed by atoms with Crippen LogP contribution in [0.3, 0.4) is 0 Å². The zero-order valence-corrected chi connectivity index (χ0v) is 17.7. The lowest BCUT2D eigenvalue weighted by molar-refractivity contribution is 0.354. The second-order valence-electron chi connectivity index (χ2n) is 5.77. The van der Waals surface area contributed by atoms with Gasteiger partial charge in [0.05, 0.1) is 26.5 Å². The predicted molar refractivity (Wildman–Crippen MR) is 117 cm³/mol. The van der Waals surface area contributed by atoms with Crippen molar-refractivity contribution in [3.8, 4) is 11.5 Å². The van der Waals surface area contributed by atoms with Crippen molar-refractivity contribution in [2.24, 2.45) is 10.7 Å². The quantitative estimate of drug-likeness (QED) is 0.308. The molecule has 2 heterocycles. The van der Waals surface area contributed by atoms with Gasteiger partial charge in [0.1, 0.15) is 5.65 Å². The molecule has 0 bridgehead atoms. The first kappa shape index (κ1) is 20.8. The minimum absolute atomic E-state index is 0. The number of halogens is 1. The number of benzene rings is 1. The number of pyridine rings is 1. The highest BCUT2D eigenvalue weighted by atomic mass is 127. The maximum Gasteiger partial charge on any atom is 0.188 e. The molecule has 144 valence electrons. The number of aliphatic imine (C=N–C) groups is 1. The molecular weight excluding hydrogens is 457 g/mol. The minimum atomic E-state index is 0. The molecule has 3 rings (SSSR count). The second kappa shape index (κ2) is 10.0. The Hall–Kier alpha value is -2.49. The van der Waals surface area contributed by atoms with Crippen molar-refractivity contribution in [2.75, 3.05) is 20.8 Å². The van der Waals surface area contributed by atoms with E-state index in [9.17, 15) is 0 Å². The van der Waals surface area contributed by atoms with Crippen LogP contribution in [0.5, 0.6) is 11.5 Å². The zero-order valence-electron chi connectivity index (χ0n) is 15.4. The average molecular weight is 481 g/mol. The summed E-state index contributed by atoms with van der Waals surface area (Å²) < 4.78 is 12.5. The van der Waals surface area contributed by atoms with Crippen LogP contribution in [-0.2, 0) is 13.0 Å². The molecule has 0 spiro atoms. The van der Waals surface area contributed by atoms with E-state index in [0.717, 1.165) is 23.3 Å². The van der Waals surface area contributed by atoms with E-state index in [1.165, 1.54) is 0 Å². The summed E-state index contributed by atoms with van der Waals surface area (Å²) in [6.07, 6.45) is 4.78. The zero-order chi connectivity index (χ0) is 18.4. The van der Waals surface area contributed by atoms with Gasteiger partial charge in [-0.25, -0.2) is 9.98 Å².